The molecule has 17 heavy (non-hydrogen) atoms. The van der Waals surface area contributed by atoms with E-state index in [1.807, 2.05) is 0 Å². The van der Waals surface area contributed by atoms with Crippen LogP contribution in [-0.2, 0) is 6.42 Å². The Labute approximate surface area is 106 Å². The summed E-state index contributed by atoms with van der Waals surface area (Å²) in [6.45, 7) is 0. The average Bonchev–Trinajstić information content (AvgIpc) is 2.35. The Morgan fingerprint density at radius 2 is 2.12 bits per heavy atom. The molecule has 1 heterocycles. The maximum atomic E-state index is 13.4. The number of rotatable bonds is 3. The molecule has 0 unspecified atom stereocenters. The van der Waals surface area contributed by atoms with Gasteiger partial charge in [0.25, 0.3) is 0 Å². The first-order valence-electron chi connectivity index (χ1n) is 4.90. The largest absolute Gasteiger partial charge is 0.294 e. The molecular formula is C12H8BrFN2O. The van der Waals surface area contributed by atoms with Crippen LogP contribution < -0.4 is 0 Å². The molecule has 0 spiro atoms. The zero-order valence-electron chi connectivity index (χ0n) is 8.73. The molecule has 1 aromatic carbocycles. The Morgan fingerprint density at radius 3 is 2.82 bits per heavy atom. The fourth-order valence-corrected chi connectivity index (χ4v) is 1.82. The molecule has 0 radical (unpaired) electrons. The number of carbonyl (C=O) groups excluding carboxylic acids is 1. The maximum Gasteiger partial charge on any atom is 0.169 e. The van der Waals surface area contributed by atoms with Crippen LogP contribution in [0.5, 0.6) is 0 Å². The van der Waals surface area contributed by atoms with Crippen molar-refractivity contribution in [1.29, 1.82) is 0 Å². The van der Waals surface area contributed by atoms with Crippen LogP contribution in [0.4, 0.5) is 4.39 Å². The van der Waals surface area contributed by atoms with Gasteiger partial charge >= 0.3 is 0 Å². The van der Waals surface area contributed by atoms with Crippen LogP contribution in [0.1, 0.15) is 15.9 Å². The van der Waals surface area contributed by atoms with Gasteiger partial charge in [-0.1, -0.05) is 15.9 Å². The third kappa shape index (κ3) is 2.94. The molecule has 0 aliphatic rings. The van der Waals surface area contributed by atoms with E-state index in [-0.39, 0.29) is 18.0 Å². The molecule has 0 atom stereocenters. The molecule has 3 nitrogen and oxygen atoms in total. The van der Waals surface area contributed by atoms with Gasteiger partial charge in [0.05, 0.1) is 12.4 Å². The van der Waals surface area contributed by atoms with E-state index in [0.717, 1.165) is 4.47 Å². The second-order valence-corrected chi connectivity index (χ2v) is 4.38. The van der Waals surface area contributed by atoms with E-state index < -0.39 is 0 Å². The standard InChI is InChI=1S/C12H8BrFN2O/c13-10-1-2-11(14)9(5-10)6-12(17)8-3-4-15-16-7-8/h1-5,7H,6H2. The third-order valence-corrected chi connectivity index (χ3v) is 2.76. The van der Waals surface area contributed by atoms with Crippen molar-refractivity contribution in [3.8, 4) is 0 Å². The first-order valence-corrected chi connectivity index (χ1v) is 5.70. The highest BCUT2D eigenvalue weighted by Gasteiger charge is 2.11. The minimum absolute atomic E-state index is 0.0109. The summed E-state index contributed by atoms with van der Waals surface area (Å²) in [6, 6.07) is 6.09. The first kappa shape index (κ1) is 11.9. The topological polar surface area (TPSA) is 42.9 Å². The normalized spacial score (nSPS) is 10.2. The predicted molar refractivity (Wildman–Crippen MR) is 64.2 cm³/mol. The van der Waals surface area contributed by atoms with Gasteiger partial charge in [0.1, 0.15) is 5.82 Å². The second-order valence-electron chi connectivity index (χ2n) is 3.47. The summed E-state index contributed by atoms with van der Waals surface area (Å²) in [4.78, 5) is 11.8. The van der Waals surface area contributed by atoms with Gasteiger partial charge in [-0.3, -0.25) is 4.79 Å². The smallest absolute Gasteiger partial charge is 0.169 e. The van der Waals surface area contributed by atoms with Gasteiger partial charge in [0, 0.05) is 16.5 Å². The fourth-order valence-electron chi connectivity index (χ4n) is 1.41. The van der Waals surface area contributed by atoms with Crippen LogP contribution in [-0.4, -0.2) is 16.0 Å². The van der Waals surface area contributed by atoms with Crippen molar-refractivity contribution in [1.82, 2.24) is 10.2 Å². The molecule has 0 saturated heterocycles. The Hall–Kier alpha value is -1.62. The van der Waals surface area contributed by atoms with Gasteiger partial charge < -0.3 is 0 Å². The monoisotopic (exact) mass is 294 g/mol. The predicted octanol–water partition coefficient (Wildman–Crippen LogP) is 2.80. The Kier molecular flexibility index (Phi) is 3.58. The zero-order chi connectivity index (χ0) is 12.3. The van der Waals surface area contributed by atoms with E-state index in [0.29, 0.717) is 11.1 Å². The minimum Gasteiger partial charge on any atom is -0.294 e. The second kappa shape index (κ2) is 5.14. The molecule has 0 aliphatic carbocycles. The molecule has 5 heteroatoms. The first-order chi connectivity index (χ1) is 8.16. The van der Waals surface area contributed by atoms with Crippen LogP contribution in [0.3, 0.4) is 0 Å². The summed E-state index contributed by atoms with van der Waals surface area (Å²) >= 11 is 3.24. The number of aromatic nitrogens is 2. The van der Waals surface area contributed by atoms with Crippen molar-refractivity contribution in [3.63, 3.8) is 0 Å². The lowest BCUT2D eigenvalue weighted by Crippen LogP contribution is -2.06. The number of benzene rings is 1. The molecule has 0 N–H and O–H groups in total. The molecule has 2 rings (SSSR count). The summed E-state index contributed by atoms with van der Waals surface area (Å²) in [6.07, 6.45) is 2.82. The Morgan fingerprint density at radius 1 is 1.29 bits per heavy atom. The third-order valence-electron chi connectivity index (χ3n) is 2.26. The minimum atomic E-state index is -0.386. The summed E-state index contributed by atoms with van der Waals surface area (Å²) in [5.74, 6) is -0.569. The van der Waals surface area contributed by atoms with Gasteiger partial charge in [0.2, 0.25) is 0 Å². The number of hydrogen-bond donors (Lipinski definition) is 0. The number of hydrogen-bond acceptors (Lipinski definition) is 3. The summed E-state index contributed by atoms with van der Waals surface area (Å²) in [5, 5.41) is 7.20. The number of nitrogens with zero attached hydrogens (tertiary/aromatic N) is 2. The van der Waals surface area contributed by atoms with Crippen LogP contribution in [0.25, 0.3) is 0 Å². The Bertz CT molecular complexity index is 545. The molecular weight excluding hydrogens is 287 g/mol. The average molecular weight is 295 g/mol. The SMILES string of the molecule is O=C(Cc1cc(Br)ccc1F)c1ccnnc1. The quantitative estimate of drug-likeness (QED) is 0.818. The zero-order valence-corrected chi connectivity index (χ0v) is 10.3. The summed E-state index contributed by atoms with van der Waals surface area (Å²) in [7, 11) is 0. The highest BCUT2D eigenvalue weighted by atomic mass is 79.9. The van der Waals surface area contributed by atoms with Gasteiger partial charge in [-0.2, -0.15) is 10.2 Å². The van der Waals surface area contributed by atoms with Gasteiger partial charge in [-0.25, -0.2) is 4.39 Å². The van der Waals surface area contributed by atoms with E-state index >= 15 is 0 Å². The number of Topliss-reactive ketones (excluding diaryl/α,β-unsaturated/α-hetero) is 1. The molecule has 0 fully saturated rings. The fraction of sp³-hybridized carbons (Fsp3) is 0.0833. The van der Waals surface area contributed by atoms with Crippen molar-refractivity contribution >= 4 is 21.7 Å². The van der Waals surface area contributed by atoms with Crippen LogP contribution >= 0.6 is 15.9 Å². The van der Waals surface area contributed by atoms with Crippen molar-refractivity contribution in [3.05, 3.63) is 58.1 Å². The van der Waals surface area contributed by atoms with Crippen LogP contribution in [0.2, 0.25) is 0 Å². The lowest BCUT2D eigenvalue weighted by molar-refractivity contribution is 0.0991. The van der Waals surface area contributed by atoms with Gasteiger partial charge in [-0.05, 0) is 29.8 Å². The number of halogens is 2. The van der Waals surface area contributed by atoms with E-state index in [2.05, 4.69) is 26.1 Å². The maximum absolute atomic E-state index is 13.4. The molecule has 2 aromatic rings. The lowest BCUT2D eigenvalue weighted by Gasteiger charge is -2.03. The molecule has 0 bridgehead atoms. The highest BCUT2D eigenvalue weighted by molar-refractivity contribution is 9.10. The van der Waals surface area contributed by atoms with E-state index in [9.17, 15) is 9.18 Å². The molecule has 0 saturated carbocycles. The van der Waals surface area contributed by atoms with Crippen molar-refractivity contribution < 1.29 is 9.18 Å². The lowest BCUT2D eigenvalue weighted by atomic mass is 10.0. The van der Waals surface area contributed by atoms with Gasteiger partial charge in [-0.15, -0.1) is 0 Å². The highest BCUT2D eigenvalue weighted by Crippen LogP contribution is 2.17. The molecule has 86 valence electrons. The molecule has 0 aliphatic heterocycles. The van der Waals surface area contributed by atoms with Crippen molar-refractivity contribution in [2.75, 3.05) is 0 Å². The Balaban J connectivity index is 2.22. The van der Waals surface area contributed by atoms with E-state index in [4.69, 9.17) is 0 Å². The van der Waals surface area contributed by atoms with Crippen molar-refractivity contribution in [2.45, 2.75) is 6.42 Å². The number of ketones is 1. The molecule has 0 amide bonds. The molecule has 1 aromatic heterocycles. The van der Waals surface area contributed by atoms with E-state index in [1.165, 1.54) is 18.5 Å². The summed E-state index contributed by atoms with van der Waals surface area (Å²) in [5.41, 5.74) is 0.792. The van der Waals surface area contributed by atoms with Gasteiger partial charge in [0.15, 0.2) is 5.78 Å². The number of carbonyl (C=O) groups is 1. The van der Waals surface area contributed by atoms with Crippen LogP contribution in [0.15, 0.2) is 41.1 Å². The van der Waals surface area contributed by atoms with E-state index in [1.54, 1.807) is 18.2 Å². The van der Waals surface area contributed by atoms with Crippen LogP contribution in [0, 0.1) is 5.82 Å². The summed E-state index contributed by atoms with van der Waals surface area (Å²) < 4.78 is 14.2. The van der Waals surface area contributed by atoms with Crippen molar-refractivity contribution in [2.24, 2.45) is 0 Å².